The van der Waals surface area contributed by atoms with Crippen molar-refractivity contribution in [3.63, 3.8) is 0 Å². The molecule has 1 aromatic carbocycles. The SMILES string of the molecule is O=C1CCN(C2CC2)c2cc(F)c(F)cc21. The second-order valence-corrected chi connectivity index (χ2v) is 4.38. The molecular formula is C12H11F2NO. The lowest BCUT2D eigenvalue weighted by Gasteiger charge is -2.30. The minimum atomic E-state index is -0.940. The monoisotopic (exact) mass is 223 g/mol. The summed E-state index contributed by atoms with van der Waals surface area (Å²) in [5, 5.41) is 0. The number of nitrogens with zero attached hydrogens (tertiary/aromatic N) is 1. The average molecular weight is 223 g/mol. The van der Waals surface area contributed by atoms with E-state index in [9.17, 15) is 13.6 Å². The lowest BCUT2D eigenvalue weighted by atomic mass is 10.00. The van der Waals surface area contributed by atoms with Crippen LogP contribution in [-0.2, 0) is 0 Å². The Morgan fingerprint density at radius 1 is 1.19 bits per heavy atom. The van der Waals surface area contributed by atoms with Crippen molar-refractivity contribution in [2.45, 2.75) is 25.3 Å². The zero-order valence-electron chi connectivity index (χ0n) is 8.67. The first kappa shape index (κ1) is 9.75. The van der Waals surface area contributed by atoms with E-state index < -0.39 is 11.6 Å². The standard InChI is InChI=1S/C12H11F2NO/c13-9-5-8-11(6-10(9)14)15(7-1-2-7)4-3-12(8)16/h5-7H,1-4H2. The van der Waals surface area contributed by atoms with Gasteiger partial charge in [0.15, 0.2) is 17.4 Å². The fourth-order valence-electron chi connectivity index (χ4n) is 2.24. The van der Waals surface area contributed by atoms with Crippen LogP contribution in [0.2, 0.25) is 0 Å². The zero-order valence-corrected chi connectivity index (χ0v) is 8.67. The molecule has 0 N–H and O–H groups in total. The van der Waals surface area contributed by atoms with Gasteiger partial charge in [-0.2, -0.15) is 0 Å². The van der Waals surface area contributed by atoms with Crippen LogP contribution in [0.4, 0.5) is 14.5 Å². The van der Waals surface area contributed by atoms with Crippen LogP contribution in [0.5, 0.6) is 0 Å². The van der Waals surface area contributed by atoms with Gasteiger partial charge in [-0.1, -0.05) is 0 Å². The molecule has 16 heavy (non-hydrogen) atoms. The van der Waals surface area contributed by atoms with Crippen LogP contribution in [-0.4, -0.2) is 18.4 Å². The Bertz CT molecular complexity index is 468. The van der Waals surface area contributed by atoms with E-state index in [1.54, 1.807) is 0 Å². The quantitative estimate of drug-likeness (QED) is 0.729. The van der Waals surface area contributed by atoms with Crippen LogP contribution >= 0.6 is 0 Å². The summed E-state index contributed by atoms with van der Waals surface area (Å²) < 4.78 is 26.3. The molecule has 0 saturated heterocycles. The van der Waals surface area contributed by atoms with E-state index in [0.29, 0.717) is 30.3 Å². The number of fused-ring (bicyclic) bond motifs is 1. The van der Waals surface area contributed by atoms with E-state index in [1.807, 2.05) is 4.90 Å². The van der Waals surface area contributed by atoms with Crippen LogP contribution in [0.3, 0.4) is 0 Å². The molecule has 0 atom stereocenters. The number of halogens is 2. The fraction of sp³-hybridized carbons (Fsp3) is 0.417. The first-order valence-corrected chi connectivity index (χ1v) is 5.45. The second-order valence-electron chi connectivity index (χ2n) is 4.38. The third kappa shape index (κ3) is 1.40. The first-order valence-electron chi connectivity index (χ1n) is 5.45. The number of hydrogen-bond donors (Lipinski definition) is 0. The molecule has 1 saturated carbocycles. The molecule has 1 heterocycles. The van der Waals surface area contributed by atoms with E-state index in [2.05, 4.69) is 0 Å². The molecule has 2 nitrogen and oxygen atoms in total. The van der Waals surface area contributed by atoms with Gasteiger partial charge in [-0.05, 0) is 18.9 Å². The van der Waals surface area contributed by atoms with Gasteiger partial charge in [0.1, 0.15) is 0 Å². The van der Waals surface area contributed by atoms with Crippen molar-refractivity contribution in [1.29, 1.82) is 0 Å². The van der Waals surface area contributed by atoms with Crippen molar-refractivity contribution in [1.82, 2.24) is 0 Å². The van der Waals surface area contributed by atoms with Crippen LogP contribution in [0.25, 0.3) is 0 Å². The fourth-order valence-corrected chi connectivity index (χ4v) is 2.24. The highest BCUT2D eigenvalue weighted by atomic mass is 19.2. The zero-order chi connectivity index (χ0) is 11.3. The highest BCUT2D eigenvalue weighted by Crippen LogP contribution is 2.37. The average Bonchev–Trinajstić information content (AvgIpc) is 3.05. The minimum absolute atomic E-state index is 0.0919. The summed E-state index contributed by atoms with van der Waals surface area (Å²) in [6, 6.07) is 2.60. The molecule has 2 aliphatic rings. The van der Waals surface area contributed by atoms with E-state index in [4.69, 9.17) is 0 Å². The summed E-state index contributed by atoms with van der Waals surface area (Å²) in [7, 11) is 0. The van der Waals surface area contributed by atoms with Crippen LogP contribution in [0, 0.1) is 11.6 Å². The van der Waals surface area contributed by atoms with E-state index in [0.717, 1.165) is 25.0 Å². The molecule has 0 unspecified atom stereocenters. The maximum absolute atomic E-state index is 13.2. The van der Waals surface area contributed by atoms with E-state index in [1.165, 1.54) is 0 Å². The van der Waals surface area contributed by atoms with Crippen molar-refractivity contribution in [3.8, 4) is 0 Å². The van der Waals surface area contributed by atoms with Crippen molar-refractivity contribution in [2.75, 3.05) is 11.4 Å². The van der Waals surface area contributed by atoms with Crippen LogP contribution < -0.4 is 4.90 Å². The number of carbonyl (C=O) groups is 1. The van der Waals surface area contributed by atoms with Gasteiger partial charge in [-0.15, -0.1) is 0 Å². The van der Waals surface area contributed by atoms with Crippen molar-refractivity contribution >= 4 is 11.5 Å². The van der Waals surface area contributed by atoms with Gasteiger partial charge >= 0.3 is 0 Å². The Labute approximate surface area is 91.9 Å². The minimum Gasteiger partial charge on any atom is -0.367 e. The largest absolute Gasteiger partial charge is 0.367 e. The van der Waals surface area contributed by atoms with Gasteiger partial charge in [0.2, 0.25) is 0 Å². The Morgan fingerprint density at radius 2 is 1.88 bits per heavy atom. The molecule has 1 aromatic rings. The summed E-state index contributed by atoms with van der Waals surface area (Å²) in [5.41, 5.74) is 0.898. The van der Waals surface area contributed by atoms with Gasteiger partial charge in [0.05, 0.1) is 5.69 Å². The first-order chi connectivity index (χ1) is 7.66. The summed E-state index contributed by atoms with van der Waals surface area (Å²) in [6.07, 6.45) is 2.55. The molecule has 0 radical (unpaired) electrons. The predicted molar refractivity (Wildman–Crippen MR) is 55.7 cm³/mol. The number of benzene rings is 1. The Kier molecular flexibility index (Phi) is 1.99. The van der Waals surface area contributed by atoms with Crippen molar-refractivity contribution in [2.24, 2.45) is 0 Å². The topological polar surface area (TPSA) is 20.3 Å². The molecule has 1 fully saturated rings. The van der Waals surface area contributed by atoms with Crippen LogP contribution in [0.1, 0.15) is 29.6 Å². The molecule has 3 rings (SSSR count). The number of Topliss-reactive ketones (excluding diaryl/α,β-unsaturated/α-hetero) is 1. The van der Waals surface area contributed by atoms with Gasteiger partial charge in [-0.3, -0.25) is 4.79 Å². The molecule has 84 valence electrons. The number of rotatable bonds is 1. The molecular weight excluding hydrogens is 212 g/mol. The van der Waals surface area contributed by atoms with E-state index in [-0.39, 0.29) is 5.78 Å². The third-order valence-electron chi connectivity index (χ3n) is 3.22. The number of carbonyl (C=O) groups excluding carboxylic acids is 1. The molecule has 0 spiro atoms. The van der Waals surface area contributed by atoms with Gasteiger partial charge in [0, 0.05) is 30.6 Å². The molecule has 0 aromatic heterocycles. The highest BCUT2D eigenvalue weighted by molar-refractivity contribution is 6.03. The lowest BCUT2D eigenvalue weighted by Crippen LogP contribution is -2.34. The maximum atomic E-state index is 13.2. The number of ketones is 1. The molecule has 4 heteroatoms. The molecule has 0 bridgehead atoms. The smallest absolute Gasteiger partial charge is 0.166 e. The third-order valence-corrected chi connectivity index (χ3v) is 3.22. The summed E-state index contributed by atoms with van der Waals surface area (Å²) >= 11 is 0. The normalized spacial score (nSPS) is 19.9. The summed E-state index contributed by atoms with van der Waals surface area (Å²) in [5.74, 6) is -1.91. The second kappa shape index (κ2) is 3.27. The summed E-state index contributed by atoms with van der Waals surface area (Å²) in [4.78, 5) is 13.6. The van der Waals surface area contributed by atoms with Gasteiger partial charge in [-0.25, -0.2) is 8.78 Å². The predicted octanol–water partition coefficient (Wildman–Crippen LogP) is 2.52. The highest BCUT2D eigenvalue weighted by Gasteiger charge is 2.35. The maximum Gasteiger partial charge on any atom is 0.166 e. The van der Waals surface area contributed by atoms with Gasteiger partial charge < -0.3 is 4.90 Å². The summed E-state index contributed by atoms with van der Waals surface area (Å²) in [6.45, 7) is 0.627. The molecule has 0 amide bonds. The van der Waals surface area contributed by atoms with Crippen molar-refractivity contribution < 1.29 is 13.6 Å². The molecule has 1 aliphatic carbocycles. The Hall–Kier alpha value is -1.45. The van der Waals surface area contributed by atoms with E-state index >= 15 is 0 Å². The van der Waals surface area contributed by atoms with Gasteiger partial charge in [0.25, 0.3) is 0 Å². The molecule has 1 aliphatic heterocycles. The van der Waals surface area contributed by atoms with Crippen LogP contribution in [0.15, 0.2) is 12.1 Å². The van der Waals surface area contributed by atoms with Crippen molar-refractivity contribution in [3.05, 3.63) is 29.3 Å². The number of hydrogen-bond acceptors (Lipinski definition) is 2. The Morgan fingerprint density at radius 3 is 2.56 bits per heavy atom. The Balaban J connectivity index is 2.12. The number of anilines is 1. The lowest BCUT2D eigenvalue weighted by molar-refractivity contribution is 0.0979.